The van der Waals surface area contributed by atoms with E-state index < -0.39 is 11.7 Å². The van der Waals surface area contributed by atoms with E-state index in [1.165, 1.54) is 0 Å². The van der Waals surface area contributed by atoms with Gasteiger partial charge in [-0.25, -0.2) is 4.79 Å². The first-order valence-corrected chi connectivity index (χ1v) is 17.2. The Balaban J connectivity index is 1.18. The third-order valence-corrected chi connectivity index (χ3v) is 7.94. The number of hydrogen-bond acceptors (Lipinski definition) is 7. The zero-order valence-electron chi connectivity index (χ0n) is 29.6. The lowest BCUT2D eigenvalue weighted by molar-refractivity contribution is -0.121. The SMILES string of the molecule is CC(C)(C)OC(=O)NCCN(CCC(=O)NCCNC(=O)c1cccc2ccccc12)CCC(=O)NCCNC(=O)c1cccc2ccccc12. The lowest BCUT2D eigenvalue weighted by Crippen LogP contribution is -2.41. The fourth-order valence-corrected chi connectivity index (χ4v) is 5.45. The van der Waals surface area contributed by atoms with E-state index in [2.05, 4.69) is 26.6 Å². The van der Waals surface area contributed by atoms with Crippen molar-refractivity contribution in [1.29, 1.82) is 0 Å². The van der Waals surface area contributed by atoms with E-state index in [1.54, 1.807) is 32.9 Å². The molecule has 4 aromatic carbocycles. The first kappa shape index (κ1) is 38.3. The van der Waals surface area contributed by atoms with Crippen molar-refractivity contribution in [3.63, 3.8) is 0 Å². The van der Waals surface area contributed by atoms with Crippen LogP contribution in [0.4, 0.5) is 4.79 Å². The van der Waals surface area contributed by atoms with Gasteiger partial charge in [0.1, 0.15) is 5.60 Å². The van der Waals surface area contributed by atoms with Gasteiger partial charge in [-0.05, 0) is 54.4 Å². The van der Waals surface area contributed by atoms with Gasteiger partial charge in [-0.1, -0.05) is 72.8 Å². The Morgan fingerprint density at radius 3 is 1.43 bits per heavy atom. The topological polar surface area (TPSA) is 158 Å². The maximum absolute atomic E-state index is 12.8. The summed E-state index contributed by atoms with van der Waals surface area (Å²) in [5, 5.41) is 17.8. The van der Waals surface area contributed by atoms with Crippen LogP contribution in [0.15, 0.2) is 84.9 Å². The third-order valence-electron chi connectivity index (χ3n) is 7.94. The monoisotopic (exact) mass is 696 g/mol. The quantitative estimate of drug-likeness (QED) is 0.105. The zero-order chi connectivity index (χ0) is 36.6. The summed E-state index contributed by atoms with van der Waals surface area (Å²) in [6.07, 6.45) is -0.231. The van der Waals surface area contributed by atoms with Crippen molar-refractivity contribution in [2.45, 2.75) is 39.2 Å². The number of fused-ring (bicyclic) bond motifs is 2. The maximum atomic E-state index is 12.8. The summed E-state index contributed by atoms with van der Waals surface area (Å²) in [4.78, 5) is 64.9. The van der Waals surface area contributed by atoms with Gasteiger partial charge in [0.15, 0.2) is 0 Å². The second kappa shape index (κ2) is 19.0. The molecule has 0 aromatic heterocycles. The average Bonchev–Trinajstić information content (AvgIpc) is 3.11. The molecule has 0 spiro atoms. The fraction of sp³-hybridized carbons (Fsp3) is 0.359. The fourth-order valence-electron chi connectivity index (χ4n) is 5.45. The van der Waals surface area contributed by atoms with Crippen LogP contribution in [0.25, 0.3) is 21.5 Å². The van der Waals surface area contributed by atoms with Crippen molar-refractivity contribution in [3.05, 3.63) is 96.1 Å². The van der Waals surface area contributed by atoms with Crippen LogP contribution in [-0.4, -0.2) is 92.6 Å². The molecule has 5 amide bonds. The molecule has 0 aliphatic carbocycles. The number of rotatable bonds is 17. The molecule has 4 rings (SSSR count). The molecule has 0 atom stereocenters. The molecule has 270 valence electrons. The van der Waals surface area contributed by atoms with E-state index in [4.69, 9.17) is 4.74 Å². The van der Waals surface area contributed by atoms with Crippen molar-refractivity contribution >= 4 is 51.3 Å². The molecule has 0 aliphatic heterocycles. The summed E-state index contributed by atoms with van der Waals surface area (Å²) in [7, 11) is 0. The summed E-state index contributed by atoms with van der Waals surface area (Å²) in [5.74, 6) is -0.831. The average molecular weight is 697 g/mol. The second-order valence-electron chi connectivity index (χ2n) is 13.0. The first-order chi connectivity index (χ1) is 24.5. The second-order valence-corrected chi connectivity index (χ2v) is 13.0. The molecule has 51 heavy (non-hydrogen) atoms. The molecule has 0 bridgehead atoms. The number of nitrogens with one attached hydrogen (secondary N) is 5. The summed E-state index contributed by atoms with van der Waals surface area (Å²) < 4.78 is 5.30. The number of alkyl carbamates (subject to hydrolysis) is 1. The smallest absolute Gasteiger partial charge is 0.407 e. The van der Waals surface area contributed by atoms with Crippen molar-refractivity contribution < 1.29 is 28.7 Å². The number of ether oxygens (including phenoxy) is 1. The summed E-state index contributed by atoms with van der Waals surface area (Å²) in [6.45, 7) is 7.72. The van der Waals surface area contributed by atoms with Gasteiger partial charge in [0.2, 0.25) is 11.8 Å². The van der Waals surface area contributed by atoms with Crippen molar-refractivity contribution in [3.8, 4) is 0 Å². The highest BCUT2D eigenvalue weighted by molar-refractivity contribution is 6.07. The normalized spacial score (nSPS) is 11.2. The molecular formula is C39H48N6O6. The van der Waals surface area contributed by atoms with E-state index in [0.717, 1.165) is 21.5 Å². The Kier molecular flexibility index (Phi) is 14.3. The summed E-state index contributed by atoms with van der Waals surface area (Å²) in [6, 6.07) is 26.4. The Morgan fingerprint density at radius 1 is 0.529 bits per heavy atom. The Hall–Kier alpha value is -5.49. The standard InChI is InChI=1S/C39H48N6O6/c1-39(2,3)51-38(50)44-24-27-45(25-18-34(46)40-20-22-42-36(48)32-16-8-12-28-10-4-6-14-30(28)32)26-19-35(47)41-21-23-43-37(49)33-17-9-13-29-11-5-7-15-31(29)33/h4-17H,18-27H2,1-3H3,(H,40,46)(H,41,47)(H,42,48)(H,43,49)(H,44,50). The third kappa shape index (κ3) is 12.7. The molecule has 12 heteroatoms. The van der Waals surface area contributed by atoms with Crippen LogP contribution in [0.2, 0.25) is 0 Å². The Bertz CT molecular complexity index is 1700. The van der Waals surface area contributed by atoms with Gasteiger partial charge in [-0.2, -0.15) is 0 Å². The highest BCUT2D eigenvalue weighted by Gasteiger charge is 2.17. The van der Waals surface area contributed by atoms with Gasteiger partial charge in [0.25, 0.3) is 11.8 Å². The van der Waals surface area contributed by atoms with Crippen molar-refractivity contribution in [2.75, 3.05) is 52.4 Å². The molecular weight excluding hydrogens is 648 g/mol. The van der Waals surface area contributed by atoms with E-state index in [-0.39, 0.29) is 69.2 Å². The molecule has 12 nitrogen and oxygen atoms in total. The Morgan fingerprint density at radius 2 is 0.961 bits per heavy atom. The van der Waals surface area contributed by atoms with Gasteiger partial charge in [0.05, 0.1) is 0 Å². The number of hydrogen-bond donors (Lipinski definition) is 5. The van der Waals surface area contributed by atoms with Crippen LogP contribution >= 0.6 is 0 Å². The van der Waals surface area contributed by atoms with Gasteiger partial charge < -0.3 is 36.2 Å². The number of benzene rings is 4. The number of carbonyl (C=O) groups excluding carboxylic acids is 5. The van der Waals surface area contributed by atoms with Crippen LogP contribution in [0.1, 0.15) is 54.3 Å². The molecule has 0 unspecified atom stereocenters. The minimum absolute atomic E-state index is 0.158. The maximum Gasteiger partial charge on any atom is 0.407 e. The number of amides is 5. The number of nitrogens with zero attached hydrogens (tertiary/aromatic N) is 1. The molecule has 0 saturated carbocycles. The van der Waals surface area contributed by atoms with E-state index >= 15 is 0 Å². The van der Waals surface area contributed by atoms with E-state index in [1.807, 2.05) is 77.7 Å². The van der Waals surface area contributed by atoms with E-state index in [9.17, 15) is 24.0 Å². The summed E-state index contributed by atoms with van der Waals surface area (Å²) in [5.41, 5.74) is 0.511. The number of carbonyl (C=O) groups is 5. The van der Waals surface area contributed by atoms with E-state index in [0.29, 0.717) is 30.8 Å². The van der Waals surface area contributed by atoms with Crippen LogP contribution < -0.4 is 26.6 Å². The molecule has 4 aromatic rings. The summed E-state index contributed by atoms with van der Waals surface area (Å²) >= 11 is 0. The van der Waals surface area contributed by atoms with Crippen molar-refractivity contribution in [2.24, 2.45) is 0 Å². The molecule has 0 saturated heterocycles. The van der Waals surface area contributed by atoms with Gasteiger partial charge in [0, 0.05) is 76.3 Å². The van der Waals surface area contributed by atoms with Crippen molar-refractivity contribution in [1.82, 2.24) is 31.5 Å². The lowest BCUT2D eigenvalue weighted by Gasteiger charge is -2.23. The highest BCUT2D eigenvalue weighted by atomic mass is 16.6. The lowest BCUT2D eigenvalue weighted by atomic mass is 10.0. The Labute approximate surface area is 298 Å². The predicted molar refractivity (Wildman–Crippen MR) is 198 cm³/mol. The molecule has 0 fully saturated rings. The zero-order valence-corrected chi connectivity index (χ0v) is 29.6. The largest absolute Gasteiger partial charge is 0.444 e. The van der Waals surface area contributed by atoms with Crippen LogP contribution in [0.5, 0.6) is 0 Å². The molecule has 0 radical (unpaired) electrons. The molecule has 0 heterocycles. The van der Waals surface area contributed by atoms with Gasteiger partial charge >= 0.3 is 6.09 Å². The molecule has 0 aliphatic rings. The van der Waals surface area contributed by atoms with Crippen LogP contribution in [-0.2, 0) is 14.3 Å². The highest BCUT2D eigenvalue weighted by Crippen LogP contribution is 2.19. The minimum Gasteiger partial charge on any atom is -0.444 e. The van der Waals surface area contributed by atoms with Gasteiger partial charge in [-0.15, -0.1) is 0 Å². The molecule has 5 N–H and O–H groups in total. The minimum atomic E-state index is -0.636. The van der Waals surface area contributed by atoms with Crippen LogP contribution in [0, 0.1) is 0 Å². The van der Waals surface area contributed by atoms with Gasteiger partial charge in [-0.3, -0.25) is 19.2 Å². The predicted octanol–water partition coefficient (Wildman–Crippen LogP) is 3.99. The first-order valence-electron chi connectivity index (χ1n) is 17.2. The van der Waals surface area contributed by atoms with Crippen LogP contribution in [0.3, 0.4) is 0 Å².